The van der Waals surface area contributed by atoms with Crippen LogP contribution in [0.3, 0.4) is 0 Å². The SMILES string of the molecule is CC1c2ccsc2CCN1C(=O)C1=NN(Cc2ccc(F)cc2)C(=O)CC1. The van der Waals surface area contributed by atoms with E-state index in [9.17, 15) is 14.0 Å². The largest absolute Gasteiger partial charge is 0.330 e. The number of carbonyl (C=O) groups is 2. The zero-order chi connectivity index (χ0) is 19.0. The molecule has 0 fully saturated rings. The number of fused-ring (bicyclic) bond motifs is 1. The number of hydrogen-bond donors (Lipinski definition) is 0. The van der Waals surface area contributed by atoms with Crippen LogP contribution in [-0.2, 0) is 22.6 Å². The molecule has 7 heteroatoms. The van der Waals surface area contributed by atoms with E-state index < -0.39 is 0 Å². The fourth-order valence-electron chi connectivity index (χ4n) is 3.59. The minimum absolute atomic E-state index is 0.0124. The molecule has 3 heterocycles. The summed E-state index contributed by atoms with van der Waals surface area (Å²) in [7, 11) is 0. The van der Waals surface area contributed by atoms with Crippen molar-refractivity contribution in [1.82, 2.24) is 9.91 Å². The summed E-state index contributed by atoms with van der Waals surface area (Å²) in [6.45, 7) is 2.94. The molecule has 0 spiro atoms. The summed E-state index contributed by atoms with van der Waals surface area (Å²) in [4.78, 5) is 28.5. The molecule has 1 aromatic carbocycles. The van der Waals surface area contributed by atoms with Gasteiger partial charge in [-0.2, -0.15) is 5.10 Å². The third-order valence-corrected chi connectivity index (χ3v) is 6.13. The predicted octanol–water partition coefficient (Wildman–Crippen LogP) is 3.51. The molecule has 0 aliphatic carbocycles. The Bertz CT molecular complexity index is 906. The molecule has 0 N–H and O–H groups in total. The Hall–Kier alpha value is -2.54. The number of benzene rings is 1. The van der Waals surface area contributed by atoms with Gasteiger partial charge in [-0.1, -0.05) is 12.1 Å². The second kappa shape index (κ2) is 7.23. The van der Waals surface area contributed by atoms with Crippen LogP contribution < -0.4 is 0 Å². The summed E-state index contributed by atoms with van der Waals surface area (Å²) in [6, 6.07) is 8.05. The lowest BCUT2D eigenvalue weighted by atomic mass is 10.00. The van der Waals surface area contributed by atoms with Crippen molar-refractivity contribution in [2.24, 2.45) is 5.10 Å². The number of rotatable bonds is 3. The standard InChI is InChI=1S/C20H20FN3O2S/c1-13-16-9-11-27-18(16)8-10-23(13)20(26)17-6-7-19(25)24(22-17)12-14-2-4-15(21)5-3-14/h2-5,9,11,13H,6-8,10,12H2,1H3. The second-order valence-corrected chi connectivity index (χ2v) is 7.85. The lowest BCUT2D eigenvalue weighted by Crippen LogP contribution is -2.44. The van der Waals surface area contributed by atoms with Crippen molar-refractivity contribution in [2.75, 3.05) is 6.54 Å². The molecule has 1 atom stereocenters. The van der Waals surface area contributed by atoms with Crippen LogP contribution in [0.15, 0.2) is 40.8 Å². The molecule has 2 aliphatic rings. The molecule has 2 aromatic rings. The van der Waals surface area contributed by atoms with Gasteiger partial charge in [-0.15, -0.1) is 11.3 Å². The topological polar surface area (TPSA) is 53.0 Å². The summed E-state index contributed by atoms with van der Waals surface area (Å²) in [5.41, 5.74) is 2.40. The smallest absolute Gasteiger partial charge is 0.270 e. The molecule has 0 bridgehead atoms. The fourth-order valence-corrected chi connectivity index (χ4v) is 4.56. The third-order valence-electron chi connectivity index (χ3n) is 5.14. The van der Waals surface area contributed by atoms with E-state index in [-0.39, 0.29) is 36.6 Å². The van der Waals surface area contributed by atoms with Gasteiger partial charge in [0, 0.05) is 24.3 Å². The Morgan fingerprint density at radius 3 is 2.78 bits per heavy atom. The van der Waals surface area contributed by atoms with Crippen molar-refractivity contribution in [1.29, 1.82) is 0 Å². The molecule has 1 aromatic heterocycles. The Morgan fingerprint density at radius 1 is 1.22 bits per heavy atom. The fraction of sp³-hybridized carbons (Fsp3) is 0.350. The Labute approximate surface area is 161 Å². The second-order valence-electron chi connectivity index (χ2n) is 6.85. The van der Waals surface area contributed by atoms with Gasteiger partial charge in [0.25, 0.3) is 5.91 Å². The highest BCUT2D eigenvalue weighted by Gasteiger charge is 2.33. The van der Waals surface area contributed by atoms with Crippen LogP contribution in [0.2, 0.25) is 0 Å². The van der Waals surface area contributed by atoms with Crippen molar-refractivity contribution in [3.63, 3.8) is 0 Å². The molecule has 140 valence electrons. The molecule has 2 amide bonds. The maximum absolute atomic E-state index is 13.1. The average Bonchev–Trinajstić information content (AvgIpc) is 3.15. The first kappa shape index (κ1) is 17.9. The Balaban J connectivity index is 1.53. The highest BCUT2D eigenvalue weighted by molar-refractivity contribution is 7.10. The first-order chi connectivity index (χ1) is 13.0. The third kappa shape index (κ3) is 3.51. The van der Waals surface area contributed by atoms with Gasteiger partial charge in [-0.3, -0.25) is 9.59 Å². The van der Waals surface area contributed by atoms with Gasteiger partial charge in [-0.05, 0) is 48.1 Å². The predicted molar refractivity (Wildman–Crippen MR) is 102 cm³/mol. The first-order valence-corrected chi connectivity index (χ1v) is 9.90. The number of nitrogens with zero attached hydrogens (tertiary/aromatic N) is 3. The lowest BCUT2D eigenvalue weighted by Gasteiger charge is -2.35. The average molecular weight is 385 g/mol. The van der Waals surface area contributed by atoms with E-state index in [4.69, 9.17) is 0 Å². The maximum Gasteiger partial charge on any atom is 0.270 e. The van der Waals surface area contributed by atoms with Crippen LogP contribution in [0, 0.1) is 5.82 Å². The van der Waals surface area contributed by atoms with E-state index in [1.165, 1.54) is 27.6 Å². The van der Waals surface area contributed by atoms with E-state index >= 15 is 0 Å². The normalized spacial score (nSPS) is 19.7. The van der Waals surface area contributed by atoms with Crippen LogP contribution in [0.5, 0.6) is 0 Å². The van der Waals surface area contributed by atoms with E-state index in [1.807, 2.05) is 11.8 Å². The zero-order valence-electron chi connectivity index (χ0n) is 15.0. The minimum atomic E-state index is -0.324. The number of amides is 2. The summed E-state index contributed by atoms with van der Waals surface area (Å²) in [6.07, 6.45) is 1.48. The van der Waals surface area contributed by atoms with E-state index in [0.717, 1.165) is 12.0 Å². The molecule has 0 saturated carbocycles. The van der Waals surface area contributed by atoms with Gasteiger partial charge in [0.1, 0.15) is 11.5 Å². The van der Waals surface area contributed by atoms with Crippen LogP contribution in [0.1, 0.15) is 41.8 Å². The Morgan fingerprint density at radius 2 is 2.00 bits per heavy atom. The Kier molecular flexibility index (Phi) is 4.78. The van der Waals surface area contributed by atoms with Gasteiger partial charge in [-0.25, -0.2) is 9.40 Å². The monoisotopic (exact) mass is 385 g/mol. The van der Waals surface area contributed by atoms with Gasteiger partial charge in [0.15, 0.2) is 0 Å². The van der Waals surface area contributed by atoms with Gasteiger partial charge < -0.3 is 4.90 Å². The van der Waals surface area contributed by atoms with Crippen LogP contribution >= 0.6 is 11.3 Å². The molecule has 27 heavy (non-hydrogen) atoms. The maximum atomic E-state index is 13.1. The molecule has 0 saturated heterocycles. The number of thiophene rings is 1. The van der Waals surface area contributed by atoms with Crippen LogP contribution in [-0.4, -0.2) is 34.0 Å². The van der Waals surface area contributed by atoms with Crippen molar-refractivity contribution in [2.45, 2.75) is 38.8 Å². The summed E-state index contributed by atoms with van der Waals surface area (Å²) < 4.78 is 13.1. The number of hydrogen-bond acceptors (Lipinski definition) is 4. The van der Waals surface area contributed by atoms with Crippen molar-refractivity contribution >= 4 is 28.9 Å². The summed E-state index contributed by atoms with van der Waals surface area (Å²) >= 11 is 1.73. The van der Waals surface area contributed by atoms with E-state index in [1.54, 1.807) is 23.5 Å². The minimum Gasteiger partial charge on any atom is -0.330 e. The van der Waals surface area contributed by atoms with Crippen LogP contribution in [0.25, 0.3) is 0 Å². The number of carbonyl (C=O) groups excluding carboxylic acids is 2. The molecule has 0 radical (unpaired) electrons. The molecular formula is C20H20FN3O2S. The van der Waals surface area contributed by atoms with E-state index in [2.05, 4.69) is 16.5 Å². The van der Waals surface area contributed by atoms with Crippen molar-refractivity contribution < 1.29 is 14.0 Å². The highest BCUT2D eigenvalue weighted by atomic mass is 32.1. The molecular weight excluding hydrogens is 365 g/mol. The van der Waals surface area contributed by atoms with Gasteiger partial charge in [0.05, 0.1) is 12.6 Å². The molecule has 1 unspecified atom stereocenters. The first-order valence-electron chi connectivity index (χ1n) is 9.02. The molecule has 2 aliphatic heterocycles. The molecule has 4 rings (SSSR count). The van der Waals surface area contributed by atoms with Crippen molar-refractivity contribution in [3.8, 4) is 0 Å². The summed E-state index contributed by atoms with van der Waals surface area (Å²) in [5, 5.41) is 7.75. The van der Waals surface area contributed by atoms with Gasteiger partial charge in [0.2, 0.25) is 5.91 Å². The lowest BCUT2D eigenvalue weighted by molar-refractivity contribution is -0.133. The van der Waals surface area contributed by atoms with Gasteiger partial charge >= 0.3 is 0 Å². The quantitative estimate of drug-likeness (QED) is 0.812. The summed E-state index contributed by atoms with van der Waals surface area (Å²) in [5.74, 6) is -0.548. The van der Waals surface area contributed by atoms with E-state index in [0.29, 0.717) is 18.7 Å². The van der Waals surface area contributed by atoms with Crippen LogP contribution in [0.4, 0.5) is 4.39 Å². The molecule has 5 nitrogen and oxygen atoms in total. The van der Waals surface area contributed by atoms with Crippen molar-refractivity contribution in [3.05, 3.63) is 57.5 Å². The number of halogens is 1. The number of hydrazone groups is 1. The zero-order valence-corrected chi connectivity index (χ0v) is 15.8. The highest BCUT2D eigenvalue weighted by Crippen LogP contribution is 2.33.